The van der Waals surface area contributed by atoms with Gasteiger partial charge in [-0.2, -0.15) is 31.3 Å². The number of halogens is 7. The summed E-state index contributed by atoms with van der Waals surface area (Å²) < 4.78 is 71.5. The zero-order valence-electron chi connectivity index (χ0n) is 26.5. The number of carbonyl (C=O) groups excluding carboxylic acids is 4. The topological polar surface area (TPSA) is 185 Å². The summed E-state index contributed by atoms with van der Waals surface area (Å²) in [5.41, 5.74) is 4.54. The van der Waals surface area contributed by atoms with Crippen molar-refractivity contribution in [3.63, 3.8) is 0 Å². The summed E-state index contributed by atoms with van der Waals surface area (Å²) in [5.74, 6) is -6.02. The summed E-state index contributed by atoms with van der Waals surface area (Å²) in [6.07, 6.45) is -1.88. The molecule has 6 rings (SSSR count). The summed E-state index contributed by atoms with van der Waals surface area (Å²) in [5, 5.41) is 17.1. The zero-order valence-corrected chi connectivity index (χ0v) is 27.3. The Morgan fingerprint density at radius 1 is 0.904 bits per heavy atom. The molecule has 0 saturated carbocycles. The number of aryl methyl sites for hydroxylation is 2. The van der Waals surface area contributed by atoms with E-state index in [9.17, 15) is 45.5 Å². The van der Waals surface area contributed by atoms with Crippen LogP contribution in [0.25, 0.3) is 0 Å². The van der Waals surface area contributed by atoms with E-state index in [1.807, 2.05) is 30.5 Å². The van der Waals surface area contributed by atoms with Crippen molar-refractivity contribution in [2.75, 3.05) is 29.0 Å². The number of nitrogens with one attached hydrogen (secondary N) is 3. The average molecular weight is 754 g/mol. The highest BCUT2D eigenvalue weighted by Gasteiger charge is 2.54. The molecule has 1 saturated heterocycles. The second-order valence-corrected chi connectivity index (χ2v) is 11.9. The molecule has 6 bridgehead atoms. The van der Waals surface area contributed by atoms with Crippen LogP contribution in [0.4, 0.5) is 55.2 Å². The van der Waals surface area contributed by atoms with Crippen molar-refractivity contribution in [2.45, 2.75) is 44.5 Å². The van der Waals surface area contributed by atoms with E-state index in [1.54, 1.807) is 11.1 Å². The number of hydrogen-bond donors (Lipinski definition) is 3. The Hall–Kier alpha value is -5.66. The number of piperidine rings is 1. The summed E-state index contributed by atoms with van der Waals surface area (Å²) >= 11 is 6.36. The quantitative estimate of drug-likeness (QED) is 0.169. The molecule has 2 aliphatic rings. The first-order chi connectivity index (χ1) is 24.6. The predicted molar refractivity (Wildman–Crippen MR) is 170 cm³/mol. The van der Waals surface area contributed by atoms with E-state index in [0.717, 1.165) is 47.5 Å². The van der Waals surface area contributed by atoms with Crippen molar-refractivity contribution in [2.24, 2.45) is 5.92 Å². The Morgan fingerprint density at radius 2 is 1.62 bits per heavy atom. The first kappa shape index (κ1) is 37.6. The number of anilines is 5. The third kappa shape index (κ3) is 9.77. The maximum absolute atomic E-state index is 13.1. The van der Waals surface area contributed by atoms with E-state index in [4.69, 9.17) is 11.6 Å². The molecule has 1 aromatic carbocycles. The molecule has 0 aliphatic carbocycles. The van der Waals surface area contributed by atoms with Gasteiger partial charge in [-0.25, -0.2) is 9.61 Å². The lowest BCUT2D eigenvalue weighted by Gasteiger charge is -2.31. The molecule has 21 heteroatoms. The van der Waals surface area contributed by atoms with Crippen LogP contribution in [0.3, 0.4) is 0 Å². The van der Waals surface area contributed by atoms with Gasteiger partial charge in [0, 0.05) is 37.1 Å². The van der Waals surface area contributed by atoms with Crippen LogP contribution in [0.15, 0.2) is 53.7 Å². The monoisotopic (exact) mass is 753 g/mol. The van der Waals surface area contributed by atoms with Gasteiger partial charge in [0.2, 0.25) is 11.9 Å². The number of fused-ring (bicyclic) bond motifs is 6. The van der Waals surface area contributed by atoms with Gasteiger partial charge in [0.1, 0.15) is 11.2 Å². The second-order valence-electron chi connectivity index (χ2n) is 11.5. The number of pyridine rings is 1. The molecule has 274 valence electrons. The Balaban J connectivity index is 0.000000376. The molecule has 2 amide bonds. The minimum absolute atomic E-state index is 0.0540. The molecule has 3 N–H and O–H groups in total. The Morgan fingerprint density at radius 3 is 2.27 bits per heavy atom. The molecule has 5 heterocycles. The maximum atomic E-state index is 13.1. The van der Waals surface area contributed by atoms with Gasteiger partial charge in [0.15, 0.2) is 11.5 Å². The molecule has 0 unspecified atom stereocenters. The highest BCUT2D eigenvalue weighted by atomic mass is 35.5. The molecule has 1 fully saturated rings. The van der Waals surface area contributed by atoms with Crippen molar-refractivity contribution in [1.82, 2.24) is 30.2 Å². The van der Waals surface area contributed by atoms with Crippen molar-refractivity contribution in [3.05, 3.63) is 70.9 Å². The van der Waals surface area contributed by atoms with Crippen LogP contribution in [0.2, 0.25) is 5.02 Å². The number of hydrogen-bond acceptors (Lipinski definition) is 12. The maximum Gasteiger partial charge on any atom is 0.458 e. The molecule has 3 aromatic heterocycles. The van der Waals surface area contributed by atoms with Gasteiger partial charge in [-0.05, 0) is 72.2 Å². The molecule has 0 spiro atoms. The van der Waals surface area contributed by atoms with E-state index >= 15 is 0 Å². The lowest BCUT2D eigenvalue weighted by molar-refractivity contribution is -0.193. The van der Waals surface area contributed by atoms with Gasteiger partial charge in [0.05, 0.1) is 18.1 Å². The summed E-state index contributed by atoms with van der Waals surface area (Å²) in [6, 6.07) is 7.79. The number of nitrogens with zero attached hydrogens (tertiary/aromatic N) is 6. The number of likely N-dealkylation sites (tertiary alicyclic amines) is 1. The van der Waals surface area contributed by atoms with E-state index in [-0.39, 0.29) is 23.4 Å². The van der Waals surface area contributed by atoms with Crippen LogP contribution in [0.1, 0.15) is 40.9 Å². The smallest absolute Gasteiger partial charge is 0.339 e. The number of carbonyl (C=O) groups is 4. The fraction of sp³-hybridized carbons (Fsp3) is 0.323. The molecule has 2 aliphatic heterocycles. The first-order valence-electron chi connectivity index (χ1n) is 15.3. The van der Waals surface area contributed by atoms with Crippen molar-refractivity contribution in [3.8, 4) is 0 Å². The third-order valence-corrected chi connectivity index (χ3v) is 8.07. The Bertz CT molecular complexity index is 1930. The van der Waals surface area contributed by atoms with Gasteiger partial charge in [-0.15, -0.1) is 0 Å². The third-order valence-electron chi connectivity index (χ3n) is 7.80. The number of aromatic nitrogens is 5. The lowest BCUT2D eigenvalue weighted by Crippen LogP contribution is -2.39. The van der Waals surface area contributed by atoms with Gasteiger partial charge in [-0.3, -0.25) is 24.2 Å². The fourth-order valence-corrected chi connectivity index (χ4v) is 5.37. The number of benzene rings is 1. The van der Waals surface area contributed by atoms with Crippen molar-refractivity contribution < 1.29 is 50.1 Å². The van der Waals surface area contributed by atoms with E-state index in [1.165, 1.54) is 12.4 Å². The highest BCUT2D eigenvalue weighted by molar-refractivity contribution is 6.41. The average Bonchev–Trinajstić information content (AvgIpc) is 3.64. The van der Waals surface area contributed by atoms with Gasteiger partial charge >= 0.3 is 23.9 Å². The van der Waals surface area contributed by atoms with E-state index in [0.29, 0.717) is 42.7 Å². The SMILES string of the molecule is O=C(C(=O)C(F)(F)F)C(F)(F)F.O=C(CC1CCN(C(=O)c2cnon2)CC1)Nc1ccc2cc1CCc1cncc(c1)Nc1ncc(Cl)c(n1)N2. The molecule has 14 nitrogen and oxygen atoms in total. The number of ketones is 2. The summed E-state index contributed by atoms with van der Waals surface area (Å²) in [4.78, 5) is 59.6. The second kappa shape index (κ2) is 15.7. The van der Waals surface area contributed by atoms with Crippen molar-refractivity contribution >= 4 is 63.8 Å². The molecular formula is C31H26ClF6N9O5. The zero-order chi connectivity index (χ0) is 37.6. The molecule has 0 atom stereocenters. The van der Waals surface area contributed by atoms with Gasteiger partial charge < -0.3 is 20.9 Å². The first-order valence-corrected chi connectivity index (χ1v) is 15.7. The summed E-state index contributed by atoms with van der Waals surface area (Å²) in [6.45, 7) is 1.12. The fourth-order valence-electron chi connectivity index (χ4n) is 5.23. The summed E-state index contributed by atoms with van der Waals surface area (Å²) in [7, 11) is 0. The normalized spacial score (nSPS) is 14.6. The van der Waals surface area contributed by atoms with Gasteiger partial charge in [0.25, 0.3) is 5.91 Å². The number of alkyl halides is 6. The highest BCUT2D eigenvalue weighted by Crippen LogP contribution is 2.30. The molecular weight excluding hydrogens is 728 g/mol. The van der Waals surface area contributed by atoms with Crippen LogP contribution in [-0.2, 0) is 27.2 Å². The largest absolute Gasteiger partial charge is 0.458 e. The van der Waals surface area contributed by atoms with Crippen LogP contribution in [0.5, 0.6) is 0 Å². The van der Waals surface area contributed by atoms with E-state index < -0.39 is 23.9 Å². The lowest BCUT2D eigenvalue weighted by atomic mass is 9.93. The van der Waals surface area contributed by atoms with Crippen LogP contribution >= 0.6 is 11.6 Å². The number of rotatable bonds is 5. The Labute approximate surface area is 294 Å². The van der Waals surface area contributed by atoms with Crippen LogP contribution < -0.4 is 16.0 Å². The van der Waals surface area contributed by atoms with Crippen LogP contribution in [-0.4, -0.2) is 79.0 Å². The standard InChI is InChI=1S/C27H26ClN9O3.C4F6O2/c28-21-14-30-27-33-20-9-17(12-29-13-20)1-2-18-11-19(32-25(21)35-27)3-4-22(18)34-24(38)10-16-5-7-37(8-6-16)26(39)23-15-31-40-36-23;5-3(6,7)1(11)2(12)4(8,9)10/h3-4,9,11-16H,1-2,5-8,10H2,(H,34,38)(H2,30,32,33,35);. The number of Topliss-reactive ketones (excluding diaryl/α,β-unsaturated/α-hetero) is 2. The molecule has 52 heavy (non-hydrogen) atoms. The van der Waals surface area contributed by atoms with E-state index in [2.05, 4.69) is 45.8 Å². The Kier molecular flexibility index (Phi) is 11.4. The van der Waals surface area contributed by atoms with Gasteiger partial charge in [-0.1, -0.05) is 16.8 Å². The predicted octanol–water partition coefficient (Wildman–Crippen LogP) is 5.62. The molecule has 0 radical (unpaired) electrons. The van der Waals surface area contributed by atoms with Crippen LogP contribution in [0, 0.1) is 5.92 Å². The minimum Gasteiger partial charge on any atom is -0.339 e. The molecule has 4 aromatic rings. The number of amides is 2. The minimum atomic E-state index is -5.77. The van der Waals surface area contributed by atoms with Crippen molar-refractivity contribution in [1.29, 1.82) is 0 Å².